The fourth-order valence-electron chi connectivity index (χ4n) is 2.52. The summed E-state index contributed by atoms with van der Waals surface area (Å²) in [5.74, 6) is 1.01. The standard InChI is InChI=1S/C9H17N/c1-8(2,3)9-4-7(9)5-10-6-9/h7,10H,4-6H2,1-3H3. The lowest BCUT2D eigenvalue weighted by Gasteiger charge is -2.28. The van der Waals surface area contributed by atoms with Gasteiger partial charge in [0.05, 0.1) is 0 Å². The van der Waals surface area contributed by atoms with E-state index in [1.165, 1.54) is 19.5 Å². The number of hydrogen-bond acceptors (Lipinski definition) is 1. The zero-order valence-corrected chi connectivity index (χ0v) is 7.20. The van der Waals surface area contributed by atoms with Crippen LogP contribution in [0, 0.1) is 16.7 Å². The van der Waals surface area contributed by atoms with Gasteiger partial charge in [-0.25, -0.2) is 0 Å². The van der Waals surface area contributed by atoms with Gasteiger partial charge in [0.1, 0.15) is 0 Å². The number of rotatable bonds is 0. The maximum Gasteiger partial charge on any atom is 0.00162 e. The Morgan fingerprint density at radius 2 is 2.10 bits per heavy atom. The third kappa shape index (κ3) is 0.619. The molecule has 2 aliphatic rings. The quantitative estimate of drug-likeness (QED) is 0.538. The predicted molar refractivity (Wildman–Crippen MR) is 42.9 cm³/mol. The van der Waals surface area contributed by atoms with Crippen molar-refractivity contribution in [3.05, 3.63) is 0 Å². The van der Waals surface area contributed by atoms with Crippen molar-refractivity contribution < 1.29 is 0 Å². The van der Waals surface area contributed by atoms with Crippen LogP contribution in [0.5, 0.6) is 0 Å². The molecule has 2 atom stereocenters. The summed E-state index contributed by atoms with van der Waals surface area (Å²) < 4.78 is 0. The smallest absolute Gasteiger partial charge is 0.00162 e. The van der Waals surface area contributed by atoms with Crippen molar-refractivity contribution in [2.45, 2.75) is 27.2 Å². The molecule has 0 aromatic rings. The maximum atomic E-state index is 3.47. The summed E-state index contributed by atoms with van der Waals surface area (Å²) in [4.78, 5) is 0. The van der Waals surface area contributed by atoms with E-state index in [1.807, 2.05) is 0 Å². The van der Waals surface area contributed by atoms with Crippen molar-refractivity contribution in [1.82, 2.24) is 5.32 Å². The summed E-state index contributed by atoms with van der Waals surface area (Å²) in [6.45, 7) is 9.67. The molecule has 0 spiro atoms. The second-order valence-electron chi connectivity index (χ2n) is 4.94. The summed E-state index contributed by atoms with van der Waals surface area (Å²) in [6.07, 6.45) is 1.48. The van der Waals surface area contributed by atoms with E-state index < -0.39 is 0 Å². The Labute approximate surface area is 63.2 Å². The molecule has 1 N–H and O–H groups in total. The van der Waals surface area contributed by atoms with Gasteiger partial charge in [0.15, 0.2) is 0 Å². The second-order valence-corrected chi connectivity index (χ2v) is 4.94. The van der Waals surface area contributed by atoms with E-state index in [2.05, 4.69) is 26.1 Å². The van der Waals surface area contributed by atoms with Crippen LogP contribution in [0.1, 0.15) is 27.2 Å². The van der Waals surface area contributed by atoms with Crippen LogP contribution in [0.3, 0.4) is 0 Å². The lowest BCUT2D eigenvalue weighted by atomic mass is 9.77. The van der Waals surface area contributed by atoms with Gasteiger partial charge in [0.2, 0.25) is 0 Å². The number of nitrogens with one attached hydrogen (secondary N) is 1. The lowest BCUT2D eigenvalue weighted by molar-refractivity contribution is 0.217. The lowest BCUT2D eigenvalue weighted by Crippen LogP contribution is -2.28. The summed E-state index contributed by atoms with van der Waals surface area (Å²) in [5.41, 5.74) is 1.22. The van der Waals surface area contributed by atoms with E-state index in [1.54, 1.807) is 0 Å². The van der Waals surface area contributed by atoms with Crippen molar-refractivity contribution in [2.75, 3.05) is 13.1 Å². The Morgan fingerprint density at radius 3 is 2.30 bits per heavy atom. The molecule has 1 heterocycles. The topological polar surface area (TPSA) is 12.0 Å². The first-order valence-corrected chi connectivity index (χ1v) is 4.27. The number of piperidine rings is 1. The first-order chi connectivity index (χ1) is 4.56. The number of fused-ring (bicyclic) bond motifs is 1. The van der Waals surface area contributed by atoms with E-state index >= 15 is 0 Å². The molecule has 1 heteroatoms. The van der Waals surface area contributed by atoms with Crippen molar-refractivity contribution in [3.8, 4) is 0 Å². The van der Waals surface area contributed by atoms with Gasteiger partial charge in [0.25, 0.3) is 0 Å². The summed E-state index contributed by atoms with van der Waals surface area (Å²) in [7, 11) is 0. The van der Waals surface area contributed by atoms with Crippen molar-refractivity contribution in [2.24, 2.45) is 16.7 Å². The van der Waals surface area contributed by atoms with Crippen LogP contribution in [-0.4, -0.2) is 13.1 Å². The van der Waals surface area contributed by atoms with Gasteiger partial charge in [0, 0.05) is 6.54 Å². The molecular weight excluding hydrogens is 122 g/mol. The molecule has 10 heavy (non-hydrogen) atoms. The molecule has 1 aliphatic heterocycles. The summed E-state index contributed by atoms with van der Waals surface area (Å²) in [6, 6.07) is 0. The fourth-order valence-corrected chi connectivity index (χ4v) is 2.52. The normalized spacial score (nSPS) is 45.3. The van der Waals surface area contributed by atoms with Gasteiger partial charge in [-0.3, -0.25) is 0 Å². The van der Waals surface area contributed by atoms with Gasteiger partial charge in [-0.1, -0.05) is 20.8 Å². The molecule has 2 rings (SSSR count). The average molecular weight is 139 g/mol. The highest BCUT2D eigenvalue weighted by Gasteiger charge is 2.62. The Bertz CT molecular complexity index is 157. The molecule has 1 saturated carbocycles. The molecule has 0 bridgehead atoms. The SMILES string of the molecule is CC(C)(C)C12CNCC1C2. The highest BCUT2D eigenvalue weighted by atomic mass is 15.0. The maximum absolute atomic E-state index is 3.47. The Hall–Kier alpha value is -0.0400. The highest BCUT2D eigenvalue weighted by Crippen LogP contribution is 2.64. The number of hydrogen-bond donors (Lipinski definition) is 1. The van der Waals surface area contributed by atoms with Crippen LogP contribution in [0.2, 0.25) is 0 Å². The molecule has 1 nitrogen and oxygen atoms in total. The van der Waals surface area contributed by atoms with Crippen LogP contribution in [0.25, 0.3) is 0 Å². The van der Waals surface area contributed by atoms with E-state index in [0.29, 0.717) is 10.8 Å². The minimum atomic E-state index is 0.529. The highest BCUT2D eigenvalue weighted by molar-refractivity contribution is 5.14. The van der Waals surface area contributed by atoms with E-state index in [0.717, 1.165) is 5.92 Å². The summed E-state index contributed by atoms with van der Waals surface area (Å²) >= 11 is 0. The summed E-state index contributed by atoms with van der Waals surface area (Å²) in [5, 5.41) is 3.47. The van der Waals surface area contributed by atoms with E-state index in [9.17, 15) is 0 Å². The van der Waals surface area contributed by atoms with Crippen LogP contribution in [0.15, 0.2) is 0 Å². The van der Waals surface area contributed by atoms with E-state index in [-0.39, 0.29) is 0 Å². The molecule has 2 fully saturated rings. The van der Waals surface area contributed by atoms with Crippen molar-refractivity contribution >= 4 is 0 Å². The molecule has 0 aromatic heterocycles. The third-order valence-electron chi connectivity index (χ3n) is 3.56. The monoisotopic (exact) mass is 139 g/mol. The van der Waals surface area contributed by atoms with Gasteiger partial charge in [-0.2, -0.15) is 0 Å². The molecule has 1 saturated heterocycles. The van der Waals surface area contributed by atoms with Crippen LogP contribution < -0.4 is 5.32 Å². The third-order valence-corrected chi connectivity index (χ3v) is 3.56. The Morgan fingerprint density at radius 1 is 1.40 bits per heavy atom. The van der Waals surface area contributed by atoms with Gasteiger partial charge in [-0.15, -0.1) is 0 Å². The van der Waals surface area contributed by atoms with Gasteiger partial charge in [-0.05, 0) is 29.7 Å². The molecular formula is C9H17N. The minimum absolute atomic E-state index is 0.529. The molecule has 58 valence electrons. The predicted octanol–water partition coefficient (Wildman–Crippen LogP) is 1.64. The first-order valence-electron chi connectivity index (χ1n) is 4.27. The zero-order chi connectivity index (χ0) is 7.41. The van der Waals surface area contributed by atoms with Crippen LogP contribution in [-0.2, 0) is 0 Å². The fraction of sp³-hybridized carbons (Fsp3) is 1.00. The van der Waals surface area contributed by atoms with Crippen molar-refractivity contribution in [1.29, 1.82) is 0 Å². The van der Waals surface area contributed by atoms with E-state index in [4.69, 9.17) is 0 Å². The Balaban J connectivity index is 2.18. The zero-order valence-electron chi connectivity index (χ0n) is 7.20. The molecule has 0 aromatic carbocycles. The van der Waals surface area contributed by atoms with Crippen LogP contribution in [0.4, 0.5) is 0 Å². The van der Waals surface area contributed by atoms with Crippen LogP contribution >= 0.6 is 0 Å². The van der Waals surface area contributed by atoms with Crippen molar-refractivity contribution in [3.63, 3.8) is 0 Å². The molecule has 0 radical (unpaired) electrons. The van der Waals surface area contributed by atoms with Gasteiger partial charge >= 0.3 is 0 Å². The first kappa shape index (κ1) is 6.66. The second kappa shape index (κ2) is 1.58. The molecule has 1 aliphatic carbocycles. The molecule has 2 unspecified atom stereocenters. The molecule has 0 amide bonds. The Kier molecular flexibility index (Phi) is 1.05. The van der Waals surface area contributed by atoms with Gasteiger partial charge < -0.3 is 5.32 Å². The average Bonchev–Trinajstić information content (AvgIpc) is 2.36. The minimum Gasteiger partial charge on any atom is -0.316 e. The largest absolute Gasteiger partial charge is 0.316 e.